The van der Waals surface area contributed by atoms with E-state index in [4.69, 9.17) is 21.3 Å². The van der Waals surface area contributed by atoms with Crippen molar-refractivity contribution in [2.45, 2.75) is 24.5 Å². The standard InChI is InChI=1S/C10H14N6O4/c11-7-3-1-13-16(8(3)15-10(12)14-7)9-6(19)5(18)4(2-17)20-9/h1,4-6,9,17-19H,2H2,(H4,11,12,14,15)/t4-,5-,6-,9-/m1/s1. The highest BCUT2D eigenvalue weighted by molar-refractivity contribution is 5.86. The number of nitrogens with zero attached hydrogens (tertiary/aromatic N) is 4. The minimum absolute atomic E-state index is 0.0384. The Labute approximate surface area is 112 Å². The van der Waals surface area contributed by atoms with Crippen molar-refractivity contribution in [3.05, 3.63) is 6.20 Å². The SMILES string of the molecule is Nc1nc(N)c2cnn([C@@H]3O[C@H](CO)[C@@H](O)[C@H]3O)c2n1. The Bertz CT molecular complexity index is 646. The maximum atomic E-state index is 9.98. The van der Waals surface area contributed by atoms with E-state index in [1.165, 1.54) is 10.9 Å². The van der Waals surface area contributed by atoms with Crippen molar-refractivity contribution in [2.24, 2.45) is 0 Å². The van der Waals surface area contributed by atoms with Gasteiger partial charge in [-0.25, -0.2) is 4.68 Å². The van der Waals surface area contributed by atoms with Gasteiger partial charge in [0.25, 0.3) is 0 Å². The molecule has 10 nitrogen and oxygen atoms in total. The number of anilines is 2. The molecule has 2 aromatic heterocycles. The molecular weight excluding hydrogens is 268 g/mol. The van der Waals surface area contributed by atoms with Crippen LogP contribution in [0.4, 0.5) is 11.8 Å². The number of fused-ring (bicyclic) bond motifs is 1. The van der Waals surface area contributed by atoms with Gasteiger partial charge in [-0.15, -0.1) is 0 Å². The Morgan fingerprint density at radius 2 is 2.00 bits per heavy atom. The molecule has 0 spiro atoms. The summed E-state index contributed by atoms with van der Waals surface area (Å²) in [6.07, 6.45) is -2.95. The fraction of sp³-hybridized carbons (Fsp3) is 0.500. The van der Waals surface area contributed by atoms with E-state index in [1.807, 2.05) is 0 Å². The van der Waals surface area contributed by atoms with E-state index in [2.05, 4.69) is 15.1 Å². The van der Waals surface area contributed by atoms with E-state index in [9.17, 15) is 10.2 Å². The van der Waals surface area contributed by atoms with Crippen LogP contribution in [-0.2, 0) is 4.74 Å². The average Bonchev–Trinajstić information content (AvgIpc) is 2.93. The lowest BCUT2D eigenvalue weighted by molar-refractivity contribution is -0.0566. The van der Waals surface area contributed by atoms with Gasteiger partial charge in [-0.2, -0.15) is 15.1 Å². The van der Waals surface area contributed by atoms with Gasteiger partial charge in [0.05, 0.1) is 18.2 Å². The molecule has 1 aliphatic rings. The largest absolute Gasteiger partial charge is 0.394 e. The number of aliphatic hydroxyl groups is 3. The van der Waals surface area contributed by atoms with Crippen LogP contribution in [0.2, 0.25) is 0 Å². The van der Waals surface area contributed by atoms with Gasteiger partial charge in [0.15, 0.2) is 11.9 Å². The lowest BCUT2D eigenvalue weighted by atomic mass is 10.1. The van der Waals surface area contributed by atoms with E-state index in [0.717, 1.165) is 0 Å². The molecule has 108 valence electrons. The smallest absolute Gasteiger partial charge is 0.224 e. The van der Waals surface area contributed by atoms with E-state index in [-0.39, 0.29) is 17.4 Å². The maximum Gasteiger partial charge on any atom is 0.224 e. The van der Waals surface area contributed by atoms with Crippen LogP contribution in [0.3, 0.4) is 0 Å². The molecule has 1 saturated heterocycles. The molecule has 3 heterocycles. The van der Waals surface area contributed by atoms with Gasteiger partial charge in [0.1, 0.15) is 24.1 Å². The topological polar surface area (TPSA) is 166 Å². The summed E-state index contributed by atoms with van der Waals surface area (Å²) in [5, 5.41) is 33.3. The molecule has 7 N–H and O–H groups in total. The number of aliphatic hydroxyl groups excluding tert-OH is 3. The summed E-state index contributed by atoms with van der Waals surface area (Å²) in [6, 6.07) is 0. The monoisotopic (exact) mass is 282 g/mol. The Balaban J connectivity index is 2.07. The van der Waals surface area contributed by atoms with Crippen LogP contribution in [0.5, 0.6) is 0 Å². The number of nitrogen functional groups attached to an aromatic ring is 2. The van der Waals surface area contributed by atoms with Crippen LogP contribution in [0.25, 0.3) is 11.0 Å². The molecule has 0 bridgehead atoms. The summed E-state index contributed by atoms with van der Waals surface area (Å²) in [7, 11) is 0. The third-order valence-corrected chi connectivity index (χ3v) is 3.26. The number of nitrogens with two attached hydrogens (primary N) is 2. The normalized spacial score (nSPS) is 30.1. The van der Waals surface area contributed by atoms with Gasteiger partial charge in [0, 0.05) is 0 Å². The number of hydrogen-bond acceptors (Lipinski definition) is 9. The first-order chi connectivity index (χ1) is 9.52. The summed E-state index contributed by atoms with van der Waals surface area (Å²) >= 11 is 0. The van der Waals surface area contributed by atoms with Gasteiger partial charge in [-0.3, -0.25) is 0 Å². The fourth-order valence-electron chi connectivity index (χ4n) is 2.23. The van der Waals surface area contributed by atoms with Gasteiger partial charge in [-0.05, 0) is 0 Å². The molecule has 4 atom stereocenters. The molecule has 0 unspecified atom stereocenters. The number of ether oxygens (including phenoxy) is 1. The summed E-state index contributed by atoms with van der Waals surface area (Å²) in [5.41, 5.74) is 11.5. The van der Waals surface area contributed by atoms with Gasteiger partial charge >= 0.3 is 0 Å². The summed E-state index contributed by atoms with van der Waals surface area (Å²) in [4.78, 5) is 7.81. The molecule has 0 radical (unpaired) electrons. The molecule has 1 aliphatic heterocycles. The minimum atomic E-state index is -1.26. The average molecular weight is 282 g/mol. The molecule has 2 aromatic rings. The minimum Gasteiger partial charge on any atom is -0.394 e. The summed E-state index contributed by atoms with van der Waals surface area (Å²) in [6.45, 7) is -0.423. The predicted molar refractivity (Wildman–Crippen MR) is 67.2 cm³/mol. The van der Waals surface area contributed by atoms with Crippen LogP contribution in [0.1, 0.15) is 6.23 Å². The predicted octanol–water partition coefficient (Wildman–Crippen LogP) is -2.40. The number of rotatable bonds is 2. The first kappa shape index (κ1) is 13.0. The summed E-state index contributed by atoms with van der Waals surface area (Å²) in [5.74, 6) is 0.119. The zero-order valence-electron chi connectivity index (χ0n) is 10.3. The first-order valence-electron chi connectivity index (χ1n) is 5.91. The summed E-state index contributed by atoms with van der Waals surface area (Å²) < 4.78 is 6.63. The van der Waals surface area contributed by atoms with Crippen LogP contribution in [-0.4, -0.2) is 60.0 Å². The molecule has 20 heavy (non-hydrogen) atoms. The van der Waals surface area contributed by atoms with E-state index in [1.54, 1.807) is 0 Å². The van der Waals surface area contributed by atoms with Gasteiger partial charge in [-0.1, -0.05) is 0 Å². The second kappa shape index (κ2) is 4.52. The lowest BCUT2D eigenvalue weighted by Crippen LogP contribution is -2.33. The third-order valence-electron chi connectivity index (χ3n) is 3.26. The molecule has 0 aromatic carbocycles. The van der Waals surface area contributed by atoms with Crippen molar-refractivity contribution in [2.75, 3.05) is 18.1 Å². The van der Waals surface area contributed by atoms with Crippen molar-refractivity contribution < 1.29 is 20.1 Å². The molecule has 3 rings (SSSR count). The Kier molecular flexibility index (Phi) is 2.94. The quantitative estimate of drug-likeness (QED) is 0.403. The molecule has 0 aliphatic carbocycles. The van der Waals surface area contributed by atoms with Gasteiger partial charge < -0.3 is 31.5 Å². The van der Waals surface area contributed by atoms with E-state index >= 15 is 0 Å². The Morgan fingerprint density at radius 3 is 2.65 bits per heavy atom. The Morgan fingerprint density at radius 1 is 1.25 bits per heavy atom. The number of hydrogen-bond donors (Lipinski definition) is 5. The second-order valence-electron chi connectivity index (χ2n) is 4.52. The molecule has 1 fully saturated rings. The van der Waals surface area contributed by atoms with Crippen LogP contribution in [0.15, 0.2) is 6.20 Å². The zero-order chi connectivity index (χ0) is 14.4. The first-order valence-corrected chi connectivity index (χ1v) is 5.91. The molecular formula is C10H14N6O4. The van der Waals surface area contributed by atoms with E-state index < -0.39 is 31.1 Å². The van der Waals surface area contributed by atoms with Crippen molar-refractivity contribution in [1.82, 2.24) is 19.7 Å². The molecule has 0 saturated carbocycles. The molecule has 0 amide bonds. The van der Waals surface area contributed by atoms with Crippen molar-refractivity contribution in [3.8, 4) is 0 Å². The fourth-order valence-corrected chi connectivity index (χ4v) is 2.23. The van der Waals surface area contributed by atoms with E-state index in [0.29, 0.717) is 5.39 Å². The van der Waals surface area contributed by atoms with Gasteiger partial charge in [0.2, 0.25) is 5.95 Å². The van der Waals surface area contributed by atoms with Crippen LogP contribution >= 0.6 is 0 Å². The second-order valence-corrected chi connectivity index (χ2v) is 4.52. The van der Waals surface area contributed by atoms with Crippen molar-refractivity contribution in [3.63, 3.8) is 0 Å². The third kappa shape index (κ3) is 1.78. The molecule has 10 heteroatoms. The lowest BCUT2D eigenvalue weighted by Gasteiger charge is -2.15. The van der Waals surface area contributed by atoms with Crippen LogP contribution in [0, 0.1) is 0 Å². The maximum absolute atomic E-state index is 9.98. The van der Waals surface area contributed by atoms with Crippen LogP contribution < -0.4 is 11.5 Å². The highest BCUT2D eigenvalue weighted by atomic mass is 16.6. The van der Waals surface area contributed by atoms with Crippen molar-refractivity contribution in [1.29, 1.82) is 0 Å². The highest BCUT2D eigenvalue weighted by Crippen LogP contribution is 2.31. The van der Waals surface area contributed by atoms with Crippen molar-refractivity contribution >= 4 is 22.8 Å². The highest BCUT2D eigenvalue weighted by Gasteiger charge is 2.44. The zero-order valence-corrected chi connectivity index (χ0v) is 10.3. The number of aromatic nitrogens is 4. The Hall–Kier alpha value is -2.01.